The lowest BCUT2D eigenvalue weighted by Crippen LogP contribution is -2.30. The Morgan fingerprint density at radius 3 is 1.97 bits per heavy atom. The molecule has 8 heteroatoms. The van der Waals surface area contributed by atoms with Crippen LogP contribution in [0.3, 0.4) is 0 Å². The number of hydrogen-bond acceptors (Lipinski definition) is 6. The Balaban J connectivity index is 2.81. The quantitative estimate of drug-likeness (QED) is 0.526. The van der Waals surface area contributed by atoms with E-state index in [0.29, 0.717) is 5.56 Å². The zero-order chi connectivity index (χ0) is 22.1. The van der Waals surface area contributed by atoms with Gasteiger partial charge in [-0.05, 0) is 30.7 Å². The molecule has 2 rings (SSSR count). The molecular weight excluding hydrogens is 398 g/mol. The maximum Gasteiger partial charge on any atom is 0.264 e. The van der Waals surface area contributed by atoms with Crippen molar-refractivity contribution < 1.29 is 8.42 Å². The molecule has 146 valence electrons. The Labute approximate surface area is 175 Å². The fourth-order valence-corrected chi connectivity index (χ4v) is 3.98. The van der Waals surface area contributed by atoms with Gasteiger partial charge >= 0.3 is 0 Å². The molecule has 0 heterocycles. The van der Waals surface area contributed by atoms with Gasteiger partial charge in [-0.1, -0.05) is 48.0 Å². The highest BCUT2D eigenvalue weighted by Crippen LogP contribution is 2.26. The topological polar surface area (TPSA) is 133 Å². The first-order chi connectivity index (χ1) is 14.4. The predicted molar refractivity (Wildman–Crippen MR) is 108 cm³/mol. The Bertz CT molecular complexity index is 1230. The molecule has 0 aromatic heterocycles. The van der Waals surface area contributed by atoms with Gasteiger partial charge in [-0.3, -0.25) is 4.31 Å². The molecule has 0 saturated carbocycles. The molecule has 0 saturated heterocycles. The van der Waals surface area contributed by atoms with Gasteiger partial charge in [0.15, 0.2) is 5.57 Å². The van der Waals surface area contributed by atoms with Crippen molar-refractivity contribution in [3.8, 4) is 24.3 Å². The molecule has 0 atom stereocenters. The minimum absolute atomic E-state index is 0.0550. The first kappa shape index (κ1) is 21.9. The monoisotopic (exact) mass is 413 g/mol. The number of sulfonamides is 1. The zero-order valence-corrected chi connectivity index (χ0v) is 16.8. The molecular formula is C22H15N5O2S. The minimum Gasteiger partial charge on any atom is -0.260 e. The highest BCUT2D eigenvalue weighted by atomic mass is 32.2. The van der Waals surface area contributed by atoms with Gasteiger partial charge < -0.3 is 0 Å². The number of hydrogen-bond donors (Lipinski definition) is 0. The van der Waals surface area contributed by atoms with Crippen LogP contribution in [-0.4, -0.2) is 12.7 Å². The second-order valence-electron chi connectivity index (χ2n) is 6.08. The van der Waals surface area contributed by atoms with Crippen molar-refractivity contribution in [2.24, 2.45) is 0 Å². The van der Waals surface area contributed by atoms with Gasteiger partial charge in [0.05, 0.1) is 17.1 Å². The summed E-state index contributed by atoms with van der Waals surface area (Å²) in [4.78, 5) is -0.0550. The van der Waals surface area contributed by atoms with Crippen LogP contribution in [0.1, 0.15) is 11.1 Å². The largest absolute Gasteiger partial charge is 0.264 e. The van der Waals surface area contributed by atoms with Crippen molar-refractivity contribution >= 4 is 10.0 Å². The highest BCUT2D eigenvalue weighted by Gasteiger charge is 2.29. The van der Waals surface area contributed by atoms with E-state index in [1.165, 1.54) is 12.1 Å². The third kappa shape index (κ3) is 4.91. The molecule has 2 aromatic rings. The SMILES string of the molecule is Cc1ccc(S(=O)(=O)N(Cc2ccccc2)C(C=C(C#N)C#N)=C(C#N)C#N)cc1. The van der Waals surface area contributed by atoms with Crippen LogP contribution in [0, 0.1) is 52.2 Å². The summed E-state index contributed by atoms with van der Waals surface area (Å²) in [5.41, 5.74) is 0.118. The maximum atomic E-state index is 13.5. The molecule has 0 unspecified atom stereocenters. The van der Waals surface area contributed by atoms with Crippen molar-refractivity contribution in [2.45, 2.75) is 18.4 Å². The van der Waals surface area contributed by atoms with E-state index in [0.717, 1.165) is 15.9 Å². The number of allylic oxidation sites excluding steroid dienone is 3. The molecule has 0 aliphatic rings. The van der Waals surface area contributed by atoms with Crippen molar-refractivity contribution in [3.63, 3.8) is 0 Å². The van der Waals surface area contributed by atoms with E-state index < -0.39 is 21.2 Å². The molecule has 0 fully saturated rings. The van der Waals surface area contributed by atoms with Crippen LogP contribution in [0.25, 0.3) is 0 Å². The summed E-state index contributed by atoms with van der Waals surface area (Å²) in [7, 11) is -4.23. The Kier molecular flexibility index (Phi) is 7.10. The molecule has 30 heavy (non-hydrogen) atoms. The van der Waals surface area contributed by atoms with Crippen LogP contribution in [-0.2, 0) is 16.6 Å². The number of nitriles is 4. The average Bonchev–Trinajstić information content (AvgIpc) is 2.76. The number of nitrogens with zero attached hydrogens (tertiary/aromatic N) is 5. The van der Waals surface area contributed by atoms with Crippen LogP contribution in [0.4, 0.5) is 0 Å². The van der Waals surface area contributed by atoms with E-state index >= 15 is 0 Å². The summed E-state index contributed by atoms with van der Waals surface area (Å²) in [6.07, 6.45) is 0.941. The first-order valence-corrected chi connectivity index (χ1v) is 10.0. The smallest absolute Gasteiger partial charge is 0.260 e. The third-order valence-corrected chi connectivity index (χ3v) is 5.82. The summed E-state index contributed by atoms with van der Waals surface area (Å²) >= 11 is 0. The summed E-state index contributed by atoms with van der Waals surface area (Å²) in [6.45, 7) is 1.60. The summed E-state index contributed by atoms with van der Waals surface area (Å²) in [6, 6.07) is 21.2. The Morgan fingerprint density at radius 2 is 1.47 bits per heavy atom. The van der Waals surface area contributed by atoms with E-state index in [9.17, 15) is 18.9 Å². The number of benzene rings is 2. The normalized spacial score (nSPS) is 9.77. The predicted octanol–water partition coefficient (Wildman–Crippen LogP) is 3.46. The molecule has 7 nitrogen and oxygen atoms in total. The van der Waals surface area contributed by atoms with Crippen molar-refractivity contribution in [1.29, 1.82) is 21.0 Å². The third-order valence-electron chi connectivity index (χ3n) is 4.05. The van der Waals surface area contributed by atoms with Gasteiger partial charge in [0, 0.05) is 0 Å². The van der Waals surface area contributed by atoms with Gasteiger partial charge in [-0.15, -0.1) is 0 Å². The summed E-state index contributed by atoms with van der Waals surface area (Å²) in [5.74, 6) is 0. The van der Waals surface area contributed by atoms with Gasteiger partial charge in [0.2, 0.25) is 0 Å². The van der Waals surface area contributed by atoms with Crippen molar-refractivity contribution in [2.75, 3.05) is 0 Å². The zero-order valence-electron chi connectivity index (χ0n) is 15.9. The fourth-order valence-electron chi connectivity index (χ4n) is 2.52. The number of rotatable bonds is 6. The minimum atomic E-state index is -4.23. The lowest BCUT2D eigenvalue weighted by Gasteiger charge is -2.26. The van der Waals surface area contributed by atoms with E-state index in [2.05, 4.69) is 0 Å². The lowest BCUT2D eigenvalue weighted by molar-refractivity contribution is 0.479. The molecule has 0 radical (unpaired) electrons. The first-order valence-electron chi connectivity index (χ1n) is 8.57. The average molecular weight is 413 g/mol. The van der Waals surface area contributed by atoms with E-state index in [1.807, 2.05) is 6.92 Å². The van der Waals surface area contributed by atoms with Crippen LogP contribution < -0.4 is 0 Å². The van der Waals surface area contributed by atoms with Gasteiger partial charge in [-0.2, -0.15) is 21.0 Å². The van der Waals surface area contributed by atoms with E-state index in [1.54, 1.807) is 66.7 Å². The van der Waals surface area contributed by atoms with E-state index in [-0.39, 0.29) is 17.1 Å². The Hall–Kier alpha value is -4.37. The maximum absolute atomic E-state index is 13.5. The molecule has 0 amide bonds. The molecule has 0 aliphatic heterocycles. The van der Waals surface area contributed by atoms with E-state index in [4.69, 9.17) is 10.5 Å². The summed E-state index contributed by atoms with van der Waals surface area (Å²) < 4.78 is 27.8. The van der Waals surface area contributed by atoms with Crippen LogP contribution in [0.2, 0.25) is 0 Å². The van der Waals surface area contributed by atoms with Crippen molar-refractivity contribution in [1.82, 2.24) is 4.31 Å². The second kappa shape index (κ2) is 9.71. The number of aryl methyl sites for hydroxylation is 1. The van der Waals surface area contributed by atoms with Crippen molar-refractivity contribution in [3.05, 3.63) is 88.6 Å². The molecule has 0 bridgehead atoms. The molecule has 0 spiro atoms. The standard InChI is InChI=1S/C22H15N5O2S/c1-17-7-9-21(10-8-17)30(28,29)27(16-18-5-3-2-4-6-18)22(20(14-25)15-26)11-19(12-23)13-24/h2-11H,16H2,1H3. The van der Waals surface area contributed by atoms with Gasteiger partial charge in [0.25, 0.3) is 10.0 Å². The summed E-state index contributed by atoms with van der Waals surface area (Å²) in [5, 5.41) is 37.0. The second-order valence-corrected chi connectivity index (χ2v) is 7.94. The fraction of sp³-hybridized carbons (Fsp3) is 0.0909. The Morgan fingerprint density at radius 1 is 0.900 bits per heavy atom. The molecule has 0 aliphatic carbocycles. The lowest BCUT2D eigenvalue weighted by atomic mass is 10.1. The molecule has 0 N–H and O–H groups in total. The van der Waals surface area contributed by atoms with Gasteiger partial charge in [0.1, 0.15) is 29.8 Å². The highest BCUT2D eigenvalue weighted by molar-refractivity contribution is 7.89. The van der Waals surface area contributed by atoms with Gasteiger partial charge in [-0.25, -0.2) is 8.42 Å². The van der Waals surface area contributed by atoms with Crippen LogP contribution >= 0.6 is 0 Å². The molecule has 2 aromatic carbocycles. The van der Waals surface area contributed by atoms with Crippen LogP contribution in [0.15, 0.2) is 82.4 Å². The van der Waals surface area contributed by atoms with Crippen LogP contribution in [0.5, 0.6) is 0 Å².